The minimum Gasteiger partial charge on any atom is -0.508 e. The van der Waals surface area contributed by atoms with Gasteiger partial charge in [-0.15, -0.1) is 0 Å². The van der Waals surface area contributed by atoms with Crippen molar-refractivity contribution in [3.8, 4) is 5.75 Å². The van der Waals surface area contributed by atoms with Crippen molar-refractivity contribution < 1.29 is 5.11 Å². The Bertz CT molecular complexity index is 353. The quantitative estimate of drug-likeness (QED) is 0.751. The summed E-state index contributed by atoms with van der Waals surface area (Å²) < 4.78 is 0. The molecule has 0 saturated heterocycles. The van der Waals surface area contributed by atoms with Crippen LogP contribution in [0.2, 0.25) is 0 Å². The maximum atomic E-state index is 9.80. The highest BCUT2D eigenvalue weighted by molar-refractivity contribution is 5.45. The van der Waals surface area contributed by atoms with Gasteiger partial charge in [0.2, 0.25) is 0 Å². The van der Waals surface area contributed by atoms with Gasteiger partial charge in [-0.3, -0.25) is 0 Å². The third kappa shape index (κ3) is 1.30. The van der Waals surface area contributed by atoms with Crippen molar-refractivity contribution in [3.63, 3.8) is 0 Å². The van der Waals surface area contributed by atoms with Gasteiger partial charge in [0.15, 0.2) is 0 Å². The maximum Gasteiger partial charge on any atom is 0.119 e. The third-order valence-electron chi connectivity index (χ3n) is 3.35. The fourth-order valence-electron chi connectivity index (χ4n) is 2.15. The predicted molar refractivity (Wildman–Crippen MR) is 57.4 cm³/mol. The second-order valence-electron chi connectivity index (χ2n) is 4.47. The van der Waals surface area contributed by atoms with Gasteiger partial charge < -0.3 is 10.8 Å². The van der Waals surface area contributed by atoms with Gasteiger partial charge in [-0.2, -0.15) is 0 Å². The van der Waals surface area contributed by atoms with Crippen LogP contribution in [-0.2, 0) is 5.41 Å². The molecule has 2 heteroatoms. The summed E-state index contributed by atoms with van der Waals surface area (Å²) in [5.41, 5.74) is 8.24. The molecule has 14 heavy (non-hydrogen) atoms. The van der Waals surface area contributed by atoms with Crippen molar-refractivity contribution in [2.75, 3.05) is 0 Å². The molecular formula is C12H17NO. The number of benzene rings is 1. The van der Waals surface area contributed by atoms with E-state index >= 15 is 0 Å². The van der Waals surface area contributed by atoms with Gasteiger partial charge in [0.1, 0.15) is 5.75 Å². The molecule has 1 saturated carbocycles. The summed E-state index contributed by atoms with van der Waals surface area (Å²) in [6.45, 7) is 4.06. The van der Waals surface area contributed by atoms with Crippen molar-refractivity contribution in [1.29, 1.82) is 0 Å². The first-order chi connectivity index (χ1) is 6.56. The Kier molecular flexibility index (Phi) is 2.04. The summed E-state index contributed by atoms with van der Waals surface area (Å²) in [5, 5.41) is 9.80. The van der Waals surface area contributed by atoms with Crippen molar-refractivity contribution in [2.24, 2.45) is 5.73 Å². The van der Waals surface area contributed by atoms with Crippen LogP contribution in [-0.4, -0.2) is 11.1 Å². The van der Waals surface area contributed by atoms with E-state index in [1.165, 1.54) is 5.56 Å². The van der Waals surface area contributed by atoms with Gasteiger partial charge in [-0.05, 0) is 32.8 Å². The molecule has 3 N–H and O–H groups in total. The van der Waals surface area contributed by atoms with Crippen LogP contribution in [0.15, 0.2) is 18.2 Å². The second-order valence-corrected chi connectivity index (χ2v) is 4.47. The monoisotopic (exact) mass is 191 g/mol. The lowest BCUT2D eigenvalue weighted by molar-refractivity contribution is 0.446. The van der Waals surface area contributed by atoms with Gasteiger partial charge in [-0.25, -0.2) is 0 Å². The van der Waals surface area contributed by atoms with Crippen LogP contribution in [0.5, 0.6) is 5.75 Å². The number of hydrogen-bond donors (Lipinski definition) is 2. The normalized spacial score (nSPS) is 20.5. The fraction of sp³-hybridized carbons (Fsp3) is 0.500. The molecule has 1 unspecified atom stereocenters. The summed E-state index contributed by atoms with van der Waals surface area (Å²) >= 11 is 0. The fourth-order valence-corrected chi connectivity index (χ4v) is 2.15. The Hall–Kier alpha value is -1.02. The van der Waals surface area contributed by atoms with Crippen LogP contribution in [0.4, 0.5) is 0 Å². The Morgan fingerprint density at radius 1 is 1.43 bits per heavy atom. The molecule has 0 bridgehead atoms. The zero-order valence-corrected chi connectivity index (χ0v) is 8.75. The largest absolute Gasteiger partial charge is 0.508 e. The zero-order valence-electron chi connectivity index (χ0n) is 8.75. The second kappa shape index (κ2) is 2.99. The lowest BCUT2D eigenvalue weighted by atomic mass is 9.88. The Labute approximate surface area is 84.7 Å². The first-order valence-electron chi connectivity index (χ1n) is 5.12. The van der Waals surface area contributed by atoms with Crippen LogP contribution in [0, 0.1) is 6.92 Å². The maximum absolute atomic E-state index is 9.80. The van der Waals surface area contributed by atoms with Crippen LogP contribution in [0.3, 0.4) is 0 Å². The molecule has 1 aromatic rings. The van der Waals surface area contributed by atoms with Crippen LogP contribution >= 0.6 is 0 Å². The molecule has 0 aliphatic heterocycles. The molecule has 1 aliphatic rings. The topological polar surface area (TPSA) is 46.2 Å². The molecule has 0 spiro atoms. The van der Waals surface area contributed by atoms with Crippen molar-refractivity contribution in [2.45, 2.75) is 38.1 Å². The Morgan fingerprint density at radius 3 is 2.57 bits per heavy atom. The number of hydrogen-bond acceptors (Lipinski definition) is 2. The Balaban J connectivity index is 2.46. The Morgan fingerprint density at radius 2 is 2.07 bits per heavy atom. The van der Waals surface area contributed by atoms with E-state index in [-0.39, 0.29) is 11.5 Å². The van der Waals surface area contributed by atoms with E-state index in [4.69, 9.17) is 5.73 Å². The molecule has 1 fully saturated rings. The van der Waals surface area contributed by atoms with E-state index in [9.17, 15) is 5.11 Å². The van der Waals surface area contributed by atoms with Gasteiger partial charge in [-0.1, -0.05) is 17.7 Å². The molecule has 2 nitrogen and oxygen atoms in total. The minimum atomic E-state index is 0.0517. The summed E-state index contributed by atoms with van der Waals surface area (Å²) in [6.07, 6.45) is 2.20. The summed E-state index contributed by atoms with van der Waals surface area (Å²) in [4.78, 5) is 0. The van der Waals surface area contributed by atoms with Gasteiger partial charge in [0.05, 0.1) is 0 Å². The summed E-state index contributed by atoms with van der Waals surface area (Å²) in [5.74, 6) is 0.394. The van der Waals surface area contributed by atoms with Gasteiger partial charge in [0.25, 0.3) is 0 Å². The van der Waals surface area contributed by atoms with Gasteiger partial charge >= 0.3 is 0 Å². The molecule has 76 valence electrons. The van der Waals surface area contributed by atoms with E-state index in [1.54, 1.807) is 6.07 Å². The first-order valence-corrected chi connectivity index (χ1v) is 5.12. The summed E-state index contributed by atoms with van der Waals surface area (Å²) in [7, 11) is 0. The minimum absolute atomic E-state index is 0.0517. The van der Waals surface area contributed by atoms with Crippen molar-refractivity contribution in [1.82, 2.24) is 0 Å². The van der Waals surface area contributed by atoms with E-state index in [1.807, 2.05) is 19.9 Å². The predicted octanol–water partition coefficient (Wildman–Crippen LogP) is 2.08. The number of nitrogens with two attached hydrogens (primary N) is 1. The molecular weight excluding hydrogens is 174 g/mol. The molecule has 2 rings (SSSR count). The average molecular weight is 191 g/mol. The lowest BCUT2D eigenvalue weighted by Gasteiger charge is -2.21. The van der Waals surface area contributed by atoms with Crippen LogP contribution in [0.1, 0.15) is 30.9 Å². The standard InChI is InChI=1S/C12H17NO/c1-8-3-4-11(14)10(7-8)12(5-6-12)9(2)13/h3-4,7,9,14H,5-6,13H2,1-2H3. The summed E-state index contributed by atoms with van der Waals surface area (Å²) in [6, 6.07) is 5.88. The highest BCUT2D eigenvalue weighted by atomic mass is 16.3. The molecule has 0 radical (unpaired) electrons. The zero-order chi connectivity index (χ0) is 10.3. The molecule has 1 aliphatic carbocycles. The molecule has 0 heterocycles. The molecule has 1 aromatic carbocycles. The van der Waals surface area contributed by atoms with Gasteiger partial charge in [0, 0.05) is 17.0 Å². The average Bonchev–Trinajstić information content (AvgIpc) is 2.90. The number of phenolic OH excluding ortho intramolecular Hbond substituents is 1. The van der Waals surface area contributed by atoms with Crippen LogP contribution in [0.25, 0.3) is 0 Å². The molecule has 0 amide bonds. The third-order valence-corrected chi connectivity index (χ3v) is 3.35. The van der Waals surface area contributed by atoms with Crippen LogP contribution < -0.4 is 5.73 Å². The molecule has 0 aromatic heterocycles. The van der Waals surface area contributed by atoms with E-state index in [0.29, 0.717) is 5.75 Å². The molecule has 1 atom stereocenters. The number of aryl methyl sites for hydroxylation is 1. The number of aromatic hydroxyl groups is 1. The number of phenols is 1. The van der Waals surface area contributed by atoms with E-state index < -0.39 is 0 Å². The SMILES string of the molecule is Cc1ccc(O)c(C2(C(C)N)CC2)c1. The van der Waals surface area contributed by atoms with Crippen molar-refractivity contribution >= 4 is 0 Å². The highest BCUT2D eigenvalue weighted by Crippen LogP contribution is 2.53. The lowest BCUT2D eigenvalue weighted by Crippen LogP contribution is -2.31. The smallest absolute Gasteiger partial charge is 0.119 e. The van der Waals surface area contributed by atoms with E-state index in [0.717, 1.165) is 18.4 Å². The number of rotatable bonds is 2. The van der Waals surface area contributed by atoms with Crippen molar-refractivity contribution in [3.05, 3.63) is 29.3 Å². The first kappa shape index (κ1) is 9.53. The highest BCUT2D eigenvalue weighted by Gasteiger charge is 2.48. The van der Waals surface area contributed by atoms with E-state index in [2.05, 4.69) is 6.07 Å².